The van der Waals surface area contributed by atoms with Crippen molar-refractivity contribution >= 4 is 5.91 Å². The minimum Gasteiger partial charge on any atom is -0.481 e. The standard InChI is InChI=1S/C16H17F2N3O3/c1-21-6-5-19-16(21)15-12(4-7-23-15)20-14(22)9-24-13-3-2-10(17)8-11(13)18/h2-3,5-6,8,12,15H,4,7,9H2,1H3,(H,20,22)/t12-,15-/m0/s1. The van der Waals surface area contributed by atoms with E-state index in [9.17, 15) is 13.6 Å². The summed E-state index contributed by atoms with van der Waals surface area (Å²) in [5.41, 5.74) is 0. The van der Waals surface area contributed by atoms with Crippen molar-refractivity contribution in [2.24, 2.45) is 7.05 Å². The third-order valence-corrected chi connectivity index (χ3v) is 3.80. The van der Waals surface area contributed by atoms with Crippen LogP contribution in [0.15, 0.2) is 30.6 Å². The van der Waals surface area contributed by atoms with Gasteiger partial charge in [0.1, 0.15) is 17.7 Å². The minimum absolute atomic E-state index is 0.171. The van der Waals surface area contributed by atoms with E-state index in [2.05, 4.69) is 10.3 Å². The quantitative estimate of drug-likeness (QED) is 0.902. The first-order chi connectivity index (χ1) is 11.5. The van der Waals surface area contributed by atoms with Crippen LogP contribution in [0.3, 0.4) is 0 Å². The minimum atomic E-state index is -0.849. The summed E-state index contributed by atoms with van der Waals surface area (Å²) in [5.74, 6) is -1.41. The fraction of sp³-hybridized carbons (Fsp3) is 0.375. The lowest BCUT2D eigenvalue weighted by atomic mass is 10.1. The zero-order chi connectivity index (χ0) is 17.1. The molecule has 1 aromatic carbocycles. The second-order valence-electron chi connectivity index (χ2n) is 5.51. The number of carbonyl (C=O) groups excluding carboxylic acids is 1. The highest BCUT2D eigenvalue weighted by atomic mass is 19.1. The van der Waals surface area contributed by atoms with Crippen LogP contribution >= 0.6 is 0 Å². The number of imidazole rings is 1. The molecule has 1 aliphatic heterocycles. The van der Waals surface area contributed by atoms with Crippen LogP contribution in [0.1, 0.15) is 18.3 Å². The Labute approximate surface area is 137 Å². The highest BCUT2D eigenvalue weighted by molar-refractivity contribution is 5.78. The van der Waals surface area contributed by atoms with E-state index < -0.39 is 17.5 Å². The second kappa shape index (κ2) is 6.96. The number of halogens is 2. The van der Waals surface area contributed by atoms with Crippen LogP contribution in [0.2, 0.25) is 0 Å². The molecule has 128 valence electrons. The molecule has 1 aromatic heterocycles. The summed E-state index contributed by atoms with van der Waals surface area (Å²) in [7, 11) is 1.85. The number of benzene rings is 1. The largest absolute Gasteiger partial charge is 0.481 e. The lowest BCUT2D eigenvalue weighted by molar-refractivity contribution is -0.124. The molecule has 1 amide bonds. The lowest BCUT2D eigenvalue weighted by Crippen LogP contribution is -2.40. The van der Waals surface area contributed by atoms with E-state index in [4.69, 9.17) is 9.47 Å². The Morgan fingerprint density at radius 1 is 1.50 bits per heavy atom. The predicted molar refractivity (Wildman–Crippen MR) is 80.3 cm³/mol. The molecule has 0 radical (unpaired) electrons. The molecule has 2 atom stereocenters. The second-order valence-corrected chi connectivity index (χ2v) is 5.51. The van der Waals surface area contributed by atoms with Crippen molar-refractivity contribution in [1.82, 2.24) is 14.9 Å². The van der Waals surface area contributed by atoms with Crippen LogP contribution in [0.5, 0.6) is 5.75 Å². The van der Waals surface area contributed by atoms with Gasteiger partial charge >= 0.3 is 0 Å². The average Bonchev–Trinajstić information content (AvgIpc) is 3.15. The molecule has 0 aliphatic carbocycles. The molecular weight excluding hydrogens is 320 g/mol. The Balaban J connectivity index is 1.57. The van der Waals surface area contributed by atoms with Gasteiger partial charge in [-0.3, -0.25) is 4.79 Å². The zero-order valence-electron chi connectivity index (χ0n) is 13.0. The Morgan fingerprint density at radius 2 is 2.33 bits per heavy atom. The summed E-state index contributed by atoms with van der Waals surface area (Å²) in [5, 5.41) is 2.81. The number of rotatable bonds is 5. The molecule has 0 spiro atoms. The first-order valence-electron chi connectivity index (χ1n) is 7.50. The van der Waals surface area contributed by atoms with E-state index in [1.54, 1.807) is 12.4 Å². The van der Waals surface area contributed by atoms with Gasteiger partial charge in [0.25, 0.3) is 5.91 Å². The van der Waals surface area contributed by atoms with E-state index in [0.29, 0.717) is 19.1 Å². The summed E-state index contributed by atoms with van der Waals surface area (Å²) >= 11 is 0. The fourth-order valence-electron chi connectivity index (χ4n) is 2.63. The number of aryl methyl sites for hydroxylation is 1. The number of hydrogen-bond acceptors (Lipinski definition) is 4. The van der Waals surface area contributed by atoms with E-state index >= 15 is 0 Å². The van der Waals surface area contributed by atoms with E-state index in [1.165, 1.54) is 0 Å². The van der Waals surface area contributed by atoms with Crippen molar-refractivity contribution < 1.29 is 23.0 Å². The van der Waals surface area contributed by atoms with Crippen LogP contribution in [-0.4, -0.2) is 34.7 Å². The van der Waals surface area contributed by atoms with Gasteiger partial charge in [0.05, 0.1) is 6.04 Å². The molecule has 0 unspecified atom stereocenters. The van der Waals surface area contributed by atoms with E-state index in [0.717, 1.165) is 18.0 Å². The van der Waals surface area contributed by atoms with Crippen molar-refractivity contribution in [3.05, 3.63) is 48.1 Å². The van der Waals surface area contributed by atoms with Gasteiger partial charge in [-0.05, 0) is 18.6 Å². The van der Waals surface area contributed by atoms with Gasteiger partial charge in [0.15, 0.2) is 18.2 Å². The zero-order valence-corrected chi connectivity index (χ0v) is 13.0. The number of nitrogens with zero attached hydrogens (tertiary/aromatic N) is 2. The summed E-state index contributed by atoms with van der Waals surface area (Å²) in [6.45, 7) is 0.141. The molecule has 1 saturated heterocycles. The molecule has 6 nitrogen and oxygen atoms in total. The summed E-state index contributed by atoms with van der Waals surface area (Å²) in [6.07, 6.45) is 3.78. The number of nitrogens with one attached hydrogen (secondary N) is 1. The van der Waals surface area contributed by atoms with Gasteiger partial charge in [-0.2, -0.15) is 0 Å². The predicted octanol–water partition coefficient (Wildman–Crippen LogP) is 1.72. The van der Waals surface area contributed by atoms with Gasteiger partial charge in [-0.25, -0.2) is 13.8 Å². The number of carbonyl (C=O) groups is 1. The maximum Gasteiger partial charge on any atom is 0.258 e. The maximum absolute atomic E-state index is 13.5. The number of amides is 1. The Hall–Kier alpha value is -2.48. The highest BCUT2D eigenvalue weighted by Crippen LogP contribution is 2.27. The van der Waals surface area contributed by atoms with Gasteiger partial charge in [-0.1, -0.05) is 0 Å². The van der Waals surface area contributed by atoms with Gasteiger partial charge < -0.3 is 19.4 Å². The molecule has 3 rings (SSSR count). The average molecular weight is 337 g/mol. The lowest BCUT2D eigenvalue weighted by Gasteiger charge is -2.19. The van der Waals surface area contributed by atoms with Gasteiger partial charge in [-0.15, -0.1) is 0 Å². The highest BCUT2D eigenvalue weighted by Gasteiger charge is 2.33. The molecule has 24 heavy (non-hydrogen) atoms. The van der Waals surface area contributed by atoms with Crippen LogP contribution in [-0.2, 0) is 16.6 Å². The molecular formula is C16H17F2N3O3. The summed E-state index contributed by atoms with van der Waals surface area (Å²) in [4.78, 5) is 16.3. The van der Waals surface area contributed by atoms with E-state index in [-0.39, 0.29) is 24.5 Å². The molecule has 0 bridgehead atoms. The third-order valence-electron chi connectivity index (χ3n) is 3.80. The van der Waals surface area contributed by atoms with Crippen LogP contribution in [0, 0.1) is 11.6 Å². The topological polar surface area (TPSA) is 65.4 Å². The maximum atomic E-state index is 13.5. The Morgan fingerprint density at radius 3 is 3.04 bits per heavy atom. The number of aromatic nitrogens is 2. The molecule has 1 fully saturated rings. The van der Waals surface area contributed by atoms with Crippen molar-refractivity contribution in [1.29, 1.82) is 0 Å². The molecule has 0 saturated carbocycles. The first kappa shape index (κ1) is 16.4. The molecule has 1 aliphatic rings. The molecule has 1 N–H and O–H groups in total. The molecule has 2 aromatic rings. The van der Waals surface area contributed by atoms with Gasteiger partial charge in [0.2, 0.25) is 0 Å². The Kier molecular flexibility index (Phi) is 4.75. The van der Waals surface area contributed by atoms with Crippen LogP contribution in [0.25, 0.3) is 0 Å². The van der Waals surface area contributed by atoms with Crippen molar-refractivity contribution in [2.45, 2.75) is 18.6 Å². The number of hydrogen-bond donors (Lipinski definition) is 1. The summed E-state index contributed by atoms with van der Waals surface area (Å²) in [6, 6.07) is 2.68. The van der Waals surface area contributed by atoms with E-state index in [1.807, 2.05) is 11.6 Å². The van der Waals surface area contributed by atoms with Crippen molar-refractivity contribution in [3.63, 3.8) is 0 Å². The van der Waals surface area contributed by atoms with Crippen molar-refractivity contribution in [2.75, 3.05) is 13.2 Å². The fourth-order valence-corrected chi connectivity index (χ4v) is 2.63. The summed E-state index contributed by atoms with van der Waals surface area (Å²) < 4.78 is 38.9. The monoisotopic (exact) mass is 337 g/mol. The molecule has 2 heterocycles. The number of ether oxygens (including phenoxy) is 2. The SMILES string of the molecule is Cn1ccnc1[C@H]1OCC[C@@H]1NC(=O)COc1ccc(F)cc1F. The first-order valence-corrected chi connectivity index (χ1v) is 7.50. The normalized spacial score (nSPS) is 20.1. The smallest absolute Gasteiger partial charge is 0.258 e. The molecule has 8 heteroatoms. The van der Waals surface area contributed by atoms with Crippen LogP contribution < -0.4 is 10.1 Å². The third kappa shape index (κ3) is 3.53. The Bertz CT molecular complexity index is 735. The van der Waals surface area contributed by atoms with Gasteiger partial charge in [0, 0.05) is 32.1 Å². The van der Waals surface area contributed by atoms with Crippen molar-refractivity contribution in [3.8, 4) is 5.75 Å². The van der Waals surface area contributed by atoms with Crippen LogP contribution in [0.4, 0.5) is 8.78 Å².